The first kappa shape index (κ1) is 10.1. The average Bonchev–Trinajstić information content (AvgIpc) is 2.86. The molecule has 0 saturated heterocycles. The van der Waals surface area contributed by atoms with Crippen molar-refractivity contribution in [3.05, 3.63) is 22.4 Å². The van der Waals surface area contributed by atoms with Crippen molar-refractivity contribution in [1.29, 1.82) is 0 Å². The van der Waals surface area contributed by atoms with Gasteiger partial charge in [-0.05, 0) is 0 Å². The monoisotopic (exact) mass is 224 g/mol. The Morgan fingerprint density at radius 1 is 1.53 bits per heavy atom. The predicted molar refractivity (Wildman–Crippen MR) is 57.8 cm³/mol. The molecular formula is C9H12N4OS. The Kier molecular flexibility index (Phi) is 2.96. The first-order chi connectivity index (χ1) is 7.25. The molecule has 6 heteroatoms. The average molecular weight is 224 g/mol. The minimum absolute atomic E-state index is 0.285. The van der Waals surface area contributed by atoms with Crippen LogP contribution in [0.2, 0.25) is 0 Å². The van der Waals surface area contributed by atoms with E-state index in [1.54, 1.807) is 16.8 Å². The normalized spacial score (nSPS) is 10.9. The Balaban J connectivity index is 1.94. The van der Waals surface area contributed by atoms with Crippen molar-refractivity contribution in [3.8, 4) is 0 Å². The first-order valence-electron chi connectivity index (χ1n) is 4.70. The van der Waals surface area contributed by atoms with Crippen LogP contribution in [0, 0.1) is 0 Å². The Morgan fingerprint density at radius 3 is 3.00 bits per heavy atom. The summed E-state index contributed by atoms with van der Waals surface area (Å²) < 4.78 is 5.04. The van der Waals surface area contributed by atoms with Gasteiger partial charge in [-0.1, -0.05) is 19.0 Å². The van der Waals surface area contributed by atoms with Crippen LogP contribution in [0.1, 0.15) is 30.5 Å². The molecule has 0 aromatic carbocycles. The summed E-state index contributed by atoms with van der Waals surface area (Å²) in [5.41, 5.74) is 1.80. The predicted octanol–water partition coefficient (Wildman–Crippen LogP) is 2.26. The molecular weight excluding hydrogens is 212 g/mol. The fourth-order valence-electron chi connectivity index (χ4n) is 1.03. The molecule has 0 radical (unpaired) electrons. The molecule has 0 unspecified atom stereocenters. The third-order valence-corrected chi connectivity index (χ3v) is 2.64. The van der Waals surface area contributed by atoms with Crippen LogP contribution in [-0.2, 0) is 6.54 Å². The number of nitrogens with zero attached hydrogens (tertiary/aromatic N) is 3. The van der Waals surface area contributed by atoms with Gasteiger partial charge in [-0.2, -0.15) is 4.98 Å². The van der Waals surface area contributed by atoms with Crippen molar-refractivity contribution in [1.82, 2.24) is 15.1 Å². The molecule has 80 valence electrons. The van der Waals surface area contributed by atoms with E-state index in [4.69, 9.17) is 4.52 Å². The third-order valence-electron chi connectivity index (χ3n) is 1.86. The topological polar surface area (TPSA) is 63.8 Å². The van der Waals surface area contributed by atoms with Gasteiger partial charge >= 0.3 is 6.01 Å². The Morgan fingerprint density at radius 2 is 2.40 bits per heavy atom. The van der Waals surface area contributed by atoms with E-state index in [2.05, 4.69) is 20.4 Å². The van der Waals surface area contributed by atoms with Crippen LogP contribution < -0.4 is 5.32 Å². The van der Waals surface area contributed by atoms with E-state index in [1.807, 2.05) is 20.0 Å². The van der Waals surface area contributed by atoms with Gasteiger partial charge in [0.2, 0.25) is 0 Å². The molecule has 0 atom stereocenters. The Bertz CT molecular complexity index is 409. The number of nitrogens with one attached hydrogen (secondary N) is 1. The molecule has 2 aromatic heterocycles. The van der Waals surface area contributed by atoms with E-state index in [0.717, 1.165) is 10.7 Å². The fourth-order valence-corrected chi connectivity index (χ4v) is 1.57. The molecule has 1 N–H and O–H groups in total. The molecule has 5 nitrogen and oxygen atoms in total. The molecule has 2 heterocycles. The van der Waals surface area contributed by atoms with Gasteiger partial charge in [-0.15, -0.1) is 11.3 Å². The lowest BCUT2D eigenvalue weighted by Crippen LogP contribution is -1.98. The number of thiazole rings is 1. The number of anilines is 1. The van der Waals surface area contributed by atoms with Gasteiger partial charge in [0.25, 0.3) is 0 Å². The summed E-state index contributed by atoms with van der Waals surface area (Å²) in [5, 5.41) is 6.91. The number of hydrogen-bond donors (Lipinski definition) is 1. The van der Waals surface area contributed by atoms with Crippen molar-refractivity contribution in [2.45, 2.75) is 26.3 Å². The molecule has 0 amide bonds. The van der Waals surface area contributed by atoms with E-state index >= 15 is 0 Å². The summed E-state index contributed by atoms with van der Waals surface area (Å²) >= 11 is 1.59. The van der Waals surface area contributed by atoms with Gasteiger partial charge in [0.1, 0.15) is 0 Å². The van der Waals surface area contributed by atoms with Crippen LogP contribution in [0.4, 0.5) is 6.01 Å². The maximum atomic E-state index is 5.04. The third kappa shape index (κ3) is 2.53. The van der Waals surface area contributed by atoms with Crippen molar-refractivity contribution >= 4 is 17.4 Å². The SMILES string of the molecule is CC(C)c1noc(NCc2cncs2)n1. The van der Waals surface area contributed by atoms with Gasteiger partial charge in [0, 0.05) is 17.0 Å². The standard InChI is InChI=1S/C9H12N4OS/c1-6(2)8-12-9(14-13-8)11-4-7-3-10-5-15-7/h3,5-6H,4H2,1-2H3,(H,11,12,13). The zero-order chi connectivity index (χ0) is 10.7. The minimum atomic E-state index is 0.285. The highest BCUT2D eigenvalue weighted by Gasteiger charge is 2.08. The molecule has 0 bridgehead atoms. The molecule has 0 aliphatic rings. The Hall–Kier alpha value is -1.43. The van der Waals surface area contributed by atoms with Crippen molar-refractivity contribution < 1.29 is 4.52 Å². The molecule has 0 saturated carbocycles. The molecule has 2 rings (SSSR count). The highest BCUT2D eigenvalue weighted by molar-refractivity contribution is 7.09. The maximum Gasteiger partial charge on any atom is 0.321 e. The van der Waals surface area contributed by atoms with Crippen LogP contribution in [-0.4, -0.2) is 15.1 Å². The molecule has 0 aliphatic heterocycles. The number of hydrogen-bond acceptors (Lipinski definition) is 6. The largest absolute Gasteiger partial charge is 0.333 e. The highest BCUT2D eigenvalue weighted by atomic mass is 32.1. The number of aromatic nitrogens is 3. The fraction of sp³-hybridized carbons (Fsp3) is 0.444. The molecule has 2 aromatic rings. The second kappa shape index (κ2) is 4.39. The van der Waals surface area contributed by atoms with Crippen LogP contribution in [0.3, 0.4) is 0 Å². The van der Waals surface area contributed by atoms with Crippen LogP contribution in [0.15, 0.2) is 16.2 Å². The van der Waals surface area contributed by atoms with E-state index in [-0.39, 0.29) is 5.92 Å². The lowest BCUT2D eigenvalue weighted by Gasteiger charge is -1.96. The lowest BCUT2D eigenvalue weighted by molar-refractivity contribution is 0.419. The molecule has 15 heavy (non-hydrogen) atoms. The van der Waals surface area contributed by atoms with Gasteiger partial charge in [-0.3, -0.25) is 4.98 Å². The van der Waals surface area contributed by atoms with E-state index < -0.39 is 0 Å². The van der Waals surface area contributed by atoms with Crippen molar-refractivity contribution in [2.75, 3.05) is 5.32 Å². The highest BCUT2D eigenvalue weighted by Crippen LogP contribution is 2.14. The summed E-state index contributed by atoms with van der Waals surface area (Å²) in [6.45, 7) is 4.72. The molecule has 0 spiro atoms. The first-order valence-corrected chi connectivity index (χ1v) is 5.58. The van der Waals surface area contributed by atoms with Gasteiger partial charge < -0.3 is 9.84 Å². The summed E-state index contributed by atoms with van der Waals surface area (Å²) in [7, 11) is 0. The Labute approximate surface area is 91.5 Å². The van der Waals surface area contributed by atoms with Crippen LogP contribution in [0.5, 0.6) is 0 Å². The van der Waals surface area contributed by atoms with Crippen LogP contribution >= 0.6 is 11.3 Å². The lowest BCUT2D eigenvalue weighted by atomic mass is 10.2. The quantitative estimate of drug-likeness (QED) is 0.863. The molecule has 0 aliphatic carbocycles. The van der Waals surface area contributed by atoms with E-state index in [9.17, 15) is 0 Å². The summed E-state index contributed by atoms with van der Waals surface area (Å²) in [6, 6.07) is 0.465. The zero-order valence-electron chi connectivity index (χ0n) is 8.60. The van der Waals surface area contributed by atoms with Crippen molar-refractivity contribution in [2.24, 2.45) is 0 Å². The van der Waals surface area contributed by atoms with Crippen molar-refractivity contribution in [3.63, 3.8) is 0 Å². The summed E-state index contributed by atoms with van der Waals surface area (Å²) in [5.74, 6) is 1.01. The van der Waals surface area contributed by atoms with Gasteiger partial charge in [0.15, 0.2) is 5.82 Å². The zero-order valence-corrected chi connectivity index (χ0v) is 9.41. The maximum absolute atomic E-state index is 5.04. The van der Waals surface area contributed by atoms with Gasteiger partial charge in [-0.25, -0.2) is 0 Å². The second-order valence-corrected chi connectivity index (χ2v) is 4.40. The second-order valence-electron chi connectivity index (χ2n) is 3.43. The number of rotatable bonds is 4. The van der Waals surface area contributed by atoms with E-state index in [0.29, 0.717) is 12.6 Å². The smallest absolute Gasteiger partial charge is 0.321 e. The summed E-state index contributed by atoms with van der Waals surface area (Å²) in [6.07, 6.45) is 1.82. The minimum Gasteiger partial charge on any atom is -0.333 e. The van der Waals surface area contributed by atoms with Gasteiger partial charge in [0.05, 0.1) is 12.1 Å². The van der Waals surface area contributed by atoms with E-state index in [1.165, 1.54) is 0 Å². The summed E-state index contributed by atoms with van der Waals surface area (Å²) in [4.78, 5) is 9.32. The molecule has 0 fully saturated rings. The van der Waals surface area contributed by atoms with Crippen LogP contribution in [0.25, 0.3) is 0 Å².